The number of hydrogen-bond donors (Lipinski definition) is 1. The second-order valence-corrected chi connectivity index (χ2v) is 7.76. The Labute approximate surface area is 203 Å². The molecule has 0 fully saturated rings. The van der Waals surface area contributed by atoms with Crippen molar-refractivity contribution in [1.29, 1.82) is 0 Å². The Morgan fingerprint density at radius 1 is 0.889 bits per heavy atom. The van der Waals surface area contributed by atoms with Crippen LogP contribution >= 0.6 is 0 Å². The topological polar surface area (TPSA) is 78.2 Å². The first-order valence-corrected chi connectivity index (χ1v) is 10.8. The van der Waals surface area contributed by atoms with Gasteiger partial charge in [-0.3, -0.25) is 18.9 Å². The summed E-state index contributed by atoms with van der Waals surface area (Å²) in [5.41, 5.74) is 2.40. The average molecular weight is 484 g/mol. The van der Waals surface area contributed by atoms with E-state index in [1.807, 2.05) is 0 Å². The fraction of sp³-hybridized carbons (Fsp3) is 0. The lowest BCUT2D eigenvalue weighted by Gasteiger charge is -2.08. The Balaban J connectivity index is 1.55. The maximum absolute atomic E-state index is 13.6. The van der Waals surface area contributed by atoms with Gasteiger partial charge in [0, 0.05) is 30.1 Å². The minimum Gasteiger partial charge on any atom is -0.457 e. The lowest BCUT2D eigenvalue weighted by Crippen LogP contribution is -2.22. The zero-order valence-corrected chi connectivity index (χ0v) is 18.7. The third kappa shape index (κ3) is 4.37. The summed E-state index contributed by atoms with van der Waals surface area (Å²) in [6.45, 7) is 3.45. The average Bonchev–Trinajstić information content (AvgIpc) is 3.15. The molecule has 0 saturated carbocycles. The van der Waals surface area contributed by atoms with Crippen LogP contribution in [0.5, 0.6) is 11.5 Å². The molecule has 0 spiro atoms. The number of ether oxygens (including phenoxy) is 1. The van der Waals surface area contributed by atoms with Gasteiger partial charge in [-0.25, -0.2) is 13.6 Å². The summed E-state index contributed by atoms with van der Waals surface area (Å²) in [6.07, 6.45) is 4.33. The third-order valence-corrected chi connectivity index (χ3v) is 5.37. The minimum atomic E-state index is -0.749. The van der Waals surface area contributed by atoms with Gasteiger partial charge in [0.1, 0.15) is 23.1 Å². The highest BCUT2D eigenvalue weighted by molar-refractivity contribution is 5.99. The van der Waals surface area contributed by atoms with Gasteiger partial charge in [-0.1, -0.05) is 12.6 Å². The standard InChI is InChI=1S/C27H18F2N4O3/c1-2-26(34)31-19-4-3-5-21(15-19)33-24-10-11-30-16-25(24)32(27(33)35)20-6-8-22(9-7-20)36-23-13-17(28)12-18(29)14-23/h2-16H,1H2,(H,31,34). The lowest BCUT2D eigenvalue weighted by atomic mass is 10.2. The van der Waals surface area contributed by atoms with Crippen molar-refractivity contribution in [3.05, 3.63) is 120 Å². The van der Waals surface area contributed by atoms with E-state index in [1.165, 1.54) is 9.13 Å². The van der Waals surface area contributed by atoms with Crippen LogP contribution in [-0.2, 0) is 4.79 Å². The van der Waals surface area contributed by atoms with Crippen LogP contribution in [0.4, 0.5) is 14.5 Å². The summed E-state index contributed by atoms with van der Waals surface area (Å²) in [6, 6.07) is 18.0. The Hall–Kier alpha value is -5.05. The number of anilines is 1. The summed E-state index contributed by atoms with van der Waals surface area (Å²) in [5, 5.41) is 2.69. The molecule has 1 N–H and O–H groups in total. The van der Waals surface area contributed by atoms with Crippen LogP contribution in [0.15, 0.2) is 103 Å². The zero-order valence-electron chi connectivity index (χ0n) is 18.7. The molecule has 3 aromatic carbocycles. The predicted octanol–water partition coefficient (Wildman–Crippen LogP) is 5.37. The fourth-order valence-electron chi connectivity index (χ4n) is 3.85. The molecular formula is C27H18F2N4O3. The largest absolute Gasteiger partial charge is 0.457 e. The van der Waals surface area contributed by atoms with Crippen molar-refractivity contribution in [2.24, 2.45) is 0 Å². The Kier molecular flexibility index (Phi) is 5.87. The molecule has 9 heteroatoms. The van der Waals surface area contributed by atoms with Crippen molar-refractivity contribution in [2.75, 3.05) is 5.32 Å². The molecule has 36 heavy (non-hydrogen) atoms. The minimum absolute atomic E-state index is 0.0154. The first kappa shape index (κ1) is 22.7. The van der Waals surface area contributed by atoms with E-state index in [-0.39, 0.29) is 17.3 Å². The Morgan fingerprint density at radius 2 is 1.61 bits per heavy atom. The number of pyridine rings is 1. The van der Waals surface area contributed by atoms with Crippen molar-refractivity contribution in [3.63, 3.8) is 0 Å². The van der Waals surface area contributed by atoms with E-state index in [0.717, 1.165) is 24.3 Å². The number of carbonyl (C=O) groups excluding carboxylic acids is 1. The van der Waals surface area contributed by atoms with E-state index in [1.54, 1.807) is 67.0 Å². The number of nitrogens with one attached hydrogen (secondary N) is 1. The van der Waals surface area contributed by atoms with Crippen LogP contribution in [0.25, 0.3) is 22.4 Å². The zero-order chi connectivity index (χ0) is 25.2. The number of imidazole rings is 1. The van der Waals surface area contributed by atoms with Crippen LogP contribution in [0.1, 0.15) is 0 Å². The number of aromatic nitrogens is 3. The summed E-state index contributed by atoms with van der Waals surface area (Å²) in [4.78, 5) is 29.5. The SMILES string of the molecule is C=CC(=O)Nc1cccc(-n2c(=O)n(-c3ccc(Oc4cc(F)cc(F)c4)cc3)c3cnccc32)c1. The van der Waals surface area contributed by atoms with Crippen LogP contribution < -0.4 is 15.7 Å². The highest BCUT2D eigenvalue weighted by Crippen LogP contribution is 2.26. The van der Waals surface area contributed by atoms with Crippen LogP contribution in [0.2, 0.25) is 0 Å². The maximum atomic E-state index is 13.6. The number of benzene rings is 3. The van der Waals surface area contributed by atoms with Gasteiger partial charge in [0.05, 0.1) is 28.6 Å². The van der Waals surface area contributed by atoms with Gasteiger partial charge in [-0.05, 0) is 54.6 Å². The van der Waals surface area contributed by atoms with Gasteiger partial charge in [0.25, 0.3) is 0 Å². The van der Waals surface area contributed by atoms with E-state index in [9.17, 15) is 18.4 Å². The molecular weight excluding hydrogens is 466 g/mol. The fourth-order valence-corrected chi connectivity index (χ4v) is 3.85. The van der Waals surface area contributed by atoms with E-state index in [4.69, 9.17) is 4.74 Å². The molecule has 0 aliphatic carbocycles. The molecule has 5 rings (SSSR count). The van der Waals surface area contributed by atoms with Crippen LogP contribution in [0, 0.1) is 11.6 Å². The highest BCUT2D eigenvalue weighted by Gasteiger charge is 2.17. The predicted molar refractivity (Wildman–Crippen MR) is 132 cm³/mol. The molecule has 0 bridgehead atoms. The molecule has 0 radical (unpaired) electrons. The smallest absolute Gasteiger partial charge is 0.338 e. The number of amides is 1. The molecule has 0 atom stereocenters. The van der Waals surface area contributed by atoms with E-state index in [2.05, 4.69) is 16.9 Å². The van der Waals surface area contributed by atoms with Crippen molar-refractivity contribution < 1.29 is 18.3 Å². The van der Waals surface area contributed by atoms with E-state index >= 15 is 0 Å². The Morgan fingerprint density at radius 3 is 2.33 bits per heavy atom. The number of carbonyl (C=O) groups is 1. The normalized spacial score (nSPS) is 10.8. The number of rotatable bonds is 6. The molecule has 5 aromatic rings. The second-order valence-electron chi connectivity index (χ2n) is 7.76. The number of nitrogens with zero attached hydrogens (tertiary/aromatic N) is 3. The molecule has 0 saturated heterocycles. The molecule has 0 aliphatic heterocycles. The summed E-state index contributed by atoms with van der Waals surface area (Å²) >= 11 is 0. The van der Waals surface area contributed by atoms with Crippen molar-refractivity contribution in [1.82, 2.24) is 14.1 Å². The molecule has 2 aromatic heterocycles. The van der Waals surface area contributed by atoms with Gasteiger partial charge in [0.15, 0.2) is 0 Å². The summed E-state index contributed by atoms with van der Waals surface area (Å²) in [5.74, 6) is -1.51. The molecule has 1 amide bonds. The van der Waals surface area contributed by atoms with Gasteiger partial charge >= 0.3 is 5.69 Å². The van der Waals surface area contributed by atoms with E-state index < -0.39 is 11.6 Å². The van der Waals surface area contributed by atoms with Crippen LogP contribution in [-0.4, -0.2) is 20.0 Å². The number of hydrogen-bond acceptors (Lipinski definition) is 4. The molecule has 178 valence electrons. The van der Waals surface area contributed by atoms with Gasteiger partial charge < -0.3 is 10.1 Å². The molecule has 7 nitrogen and oxygen atoms in total. The van der Waals surface area contributed by atoms with E-state index in [0.29, 0.717) is 33.8 Å². The summed E-state index contributed by atoms with van der Waals surface area (Å²) < 4.78 is 35.5. The van der Waals surface area contributed by atoms with Crippen molar-refractivity contribution in [2.45, 2.75) is 0 Å². The summed E-state index contributed by atoms with van der Waals surface area (Å²) in [7, 11) is 0. The Bertz CT molecular complexity index is 1650. The highest BCUT2D eigenvalue weighted by atomic mass is 19.1. The van der Waals surface area contributed by atoms with Crippen molar-refractivity contribution >= 4 is 22.6 Å². The van der Waals surface area contributed by atoms with Gasteiger partial charge in [0.2, 0.25) is 5.91 Å². The quantitative estimate of drug-likeness (QED) is 0.329. The third-order valence-electron chi connectivity index (χ3n) is 5.37. The van der Waals surface area contributed by atoms with Crippen molar-refractivity contribution in [3.8, 4) is 22.9 Å². The lowest BCUT2D eigenvalue weighted by molar-refractivity contribution is -0.111. The first-order chi connectivity index (χ1) is 17.4. The number of halogens is 2. The molecule has 2 heterocycles. The second kappa shape index (κ2) is 9.30. The number of fused-ring (bicyclic) bond motifs is 1. The van der Waals surface area contributed by atoms with Gasteiger partial charge in [-0.15, -0.1) is 0 Å². The molecule has 0 aliphatic rings. The maximum Gasteiger partial charge on any atom is 0.338 e. The first-order valence-electron chi connectivity index (χ1n) is 10.8. The van der Waals surface area contributed by atoms with Crippen LogP contribution in [0.3, 0.4) is 0 Å². The molecule has 0 unspecified atom stereocenters. The monoisotopic (exact) mass is 484 g/mol. The van der Waals surface area contributed by atoms with Gasteiger partial charge in [-0.2, -0.15) is 0 Å².